The molecule has 0 aliphatic rings. The molecule has 0 spiro atoms. The van der Waals surface area contributed by atoms with E-state index < -0.39 is 23.6 Å². The SMILES string of the molecule is COCc1ccc(-c2noc(-c3ccc(F)cc3F)c2C(O)c2cccnc2)c(F)c1. The van der Waals surface area contributed by atoms with Crippen LogP contribution in [-0.2, 0) is 11.3 Å². The zero-order chi connectivity index (χ0) is 22.0. The molecule has 2 aromatic heterocycles. The maximum Gasteiger partial charge on any atom is 0.176 e. The molecule has 4 rings (SSSR count). The molecule has 0 saturated heterocycles. The molecule has 0 saturated carbocycles. The van der Waals surface area contributed by atoms with Gasteiger partial charge in [0.15, 0.2) is 5.76 Å². The number of aliphatic hydroxyl groups excluding tert-OH is 1. The Labute approximate surface area is 175 Å². The van der Waals surface area contributed by atoms with E-state index in [1.807, 2.05) is 0 Å². The lowest BCUT2D eigenvalue weighted by Gasteiger charge is -2.13. The van der Waals surface area contributed by atoms with E-state index in [4.69, 9.17) is 9.26 Å². The van der Waals surface area contributed by atoms with E-state index in [0.717, 1.165) is 6.07 Å². The van der Waals surface area contributed by atoms with Crippen LogP contribution in [0.25, 0.3) is 22.6 Å². The fourth-order valence-corrected chi connectivity index (χ4v) is 3.32. The number of hydrogen-bond acceptors (Lipinski definition) is 5. The molecule has 5 nitrogen and oxygen atoms in total. The Balaban J connectivity index is 1.91. The number of ether oxygens (including phenoxy) is 1. The number of pyridine rings is 1. The molecule has 0 fully saturated rings. The minimum Gasteiger partial charge on any atom is -0.383 e. The van der Waals surface area contributed by atoms with Gasteiger partial charge in [0, 0.05) is 36.7 Å². The van der Waals surface area contributed by atoms with Crippen LogP contribution in [0.15, 0.2) is 65.4 Å². The smallest absolute Gasteiger partial charge is 0.176 e. The summed E-state index contributed by atoms with van der Waals surface area (Å²) in [5.74, 6) is -2.42. The standard InChI is InChI=1S/C23H17F3N2O3/c1-30-12-13-4-6-16(18(25)9-13)21-20(22(29)14-3-2-8-27-11-14)23(31-28-21)17-7-5-15(24)10-19(17)26/h2-11,22,29H,12H2,1H3. The van der Waals surface area contributed by atoms with Crippen molar-refractivity contribution in [2.24, 2.45) is 0 Å². The Morgan fingerprint density at radius 2 is 1.81 bits per heavy atom. The number of aliphatic hydroxyl groups is 1. The van der Waals surface area contributed by atoms with Crippen molar-refractivity contribution in [1.29, 1.82) is 0 Å². The van der Waals surface area contributed by atoms with Gasteiger partial charge in [0.2, 0.25) is 0 Å². The monoisotopic (exact) mass is 426 g/mol. The molecule has 0 amide bonds. The molecule has 0 radical (unpaired) electrons. The van der Waals surface area contributed by atoms with Gasteiger partial charge < -0.3 is 14.4 Å². The third-order valence-corrected chi connectivity index (χ3v) is 4.78. The Morgan fingerprint density at radius 3 is 2.48 bits per heavy atom. The lowest BCUT2D eigenvalue weighted by Crippen LogP contribution is -2.04. The molecule has 158 valence electrons. The van der Waals surface area contributed by atoms with Gasteiger partial charge in [-0.15, -0.1) is 0 Å². The lowest BCUT2D eigenvalue weighted by molar-refractivity contribution is 0.184. The summed E-state index contributed by atoms with van der Waals surface area (Å²) >= 11 is 0. The zero-order valence-electron chi connectivity index (χ0n) is 16.3. The van der Waals surface area contributed by atoms with Gasteiger partial charge in [-0.1, -0.05) is 17.3 Å². The summed E-state index contributed by atoms with van der Waals surface area (Å²) in [6.45, 7) is 0.215. The van der Waals surface area contributed by atoms with Gasteiger partial charge in [0.05, 0.1) is 17.7 Å². The number of rotatable bonds is 6. The maximum atomic E-state index is 14.9. The predicted molar refractivity (Wildman–Crippen MR) is 106 cm³/mol. The summed E-state index contributed by atoms with van der Waals surface area (Å²) in [6.07, 6.45) is 1.59. The minimum absolute atomic E-state index is 0.00320. The third kappa shape index (κ3) is 4.08. The van der Waals surface area contributed by atoms with E-state index in [0.29, 0.717) is 17.2 Å². The first-order chi connectivity index (χ1) is 15.0. The predicted octanol–water partition coefficient (Wildman–Crippen LogP) is 5.05. The van der Waals surface area contributed by atoms with E-state index in [-0.39, 0.29) is 34.8 Å². The van der Waals surface area contributed by atoms with Gasteiger partial charge in [0.1, 0.15) is 29.2 Å². The first-order valence-electron chi connectivity index (χ1n) is 9.30. The minimum atomic E-state index is -1.35. The maximum absolute atomic E-state index is 14.9. The molecule has 1 atom stereocenters. The molecule has 0 aliphatic heterocycles. The molecular formula is C23H17F3N2O3. The van der Waals surface area contributed by atoms with Crippen molar-refractivity contribution in [3.63, 3.8) is 0 Å². The van der Waals surface area contributed by atoms with E-state index in [9.17, 15) is 18.3 Å². The van der Waals surface area contributed by atoms with Crippen LogP contribution in [0.4, 0.5) is 13.2 Å². The second-order valence-corrected chi connectivity index (χ2v) is 6.83. The first kappa shape index (κ1) is 20.8. The molecule has 1 N–H and O–H groups in total. The molecule has 0 aliphatic carbocycles. The van der Waals surface area contributed by atoms with Crippen LogP contribution in [0.1, 0.15) is 22.8 Å². The lowest BCUT2D eigenvalue weighted by atomic mass is 9.94. The molecular weight excluding hydrogens is 409 g/mol. The number of hydrogen-bond donors (Lipinski definition) is 1. The number of benzene rings is 2. The van der Waals surface area contributed by atoms with Crippen LogP contribution in [0.3, 0.4) is 0 Å². The second-order valence-electron chi connectivity index (χ2n) is 6.83. The number of methoxy groups -OCH3 is 1. The van der Waals surface area contributed by atoms with E-state index in [1.54, 1.807) is 18.2 Å². The van der Waals surface area contributed by atoms with E-state index in [1.165, 1.54) is 37.7 Å². The van der Waals surface area contributed by atoms with Gasteiger partial charge >= 0.3 is 0 Å². The van der Waals surface area contributed by atoms with Crippen molar-refractivity contribution >= 4 is 0 Å². The Morgan fingerprint density at radius 1 is 1.03 bits per heavy atom. The Kier molecular flexibility index (Phi) is 5.83. The van der Waals surface area contributed by atoms with Crippen molar-refractivity contribution in [2.75, 3.05) is 7.11 Å². The van der Waals surface area contributed by atoms with Gasteiger partial charge in [-0.3, -0.25) is 4.98 Å². The van der Waals surface area contributed by atoms with Crippen LogP contribution < -0.4 is 0 Å². The molecule has 1 unspecified atom stereocenters. The second kappa shape index (κ2) is 8.71. The highest BCUT2D eigenvalue weighted by molar-refractivity contribution is 5.74. The summed E-state index contributed by atoms with van der Waals surface area (Å²) in [4.78, 5) is 3.98. The average molecular weight is 426 g/mol. The fourth-order valence-electron chi connectivity index (χ4n) is 3.32. The Bertz CT molecular complexity index is 1210. The van der Waals surface area contributed by atoms with Gasteiger partial charge in [-0.25, -0.2) is 13.2 Å². The van der Waals surface area contributed by atoms with Crippen molar-refractivity contribution in [3.05, 3.63) is 95.1 Å². The zero-order valence-corrected chi connectivity index (χ0v) is 16.3. The van der Waals surface area contributed by atoms with Crippen molar-refractivity contribution in [1.82, 2.24) is 10.1 Å². The summed E-state index contributed by atoms with van der Waals surface area (Å²) in [6, 6.07) is 10.6. The highest BCUT2D eigenvalue weighted by Gasteiger charge is 2.29. The van der Waals surface area contributed by atoms with E-state index >= 15 is 0 Å². The van der Waals surface area contributed by atoms with Gasteiger partial charge in [-0.2, -0.15) is 0 Å². The number of nitrogens with zero attached hydrogens (tertiary/aromatic N) is 2. The van der Waals surface area contributed by atoms with Crippen molar-refractivity contribution < 1.29 is 27.5 Å². The molecule has 0 bridgehead atoms. The van der Waals surface area contributed by atoms with Crippen LogP contribution in [0, 0.1) is 17.5 Å². The molecule has 8 heteroatoms. The average Bonchev–Trinajstić information content (AvgIpc) is 3.18. The highest BCUT2D eigenvalue weighted by atomic mass is 19.1. The largest absolute Gasteiger partial charge is 0.383 e. The normalized spacial score (nSPS) is 12.2. The van der Waals surface area contributed by atoms with Crippen LogP contribution in [0.2, 0.25) is 0 Å². The van der Waals surface area contributed by atoms with Gasteiger partial charge in [-0.05, 0) is 35.9 Å². The summed E-state index contributed by atoms with van der Waals surface area (Å²) in [7, 11) is 1.50. The third-order valence-electron chi connectivity index (χ3n) is 4.78. The van der Waals surface area contributed by atoms with Crippen LogP contribution >= 0.6 is 0 Å². The van der Waals surface area contributed by atoms with Crippen LogP contribution in [0.5, 0.6) is 0 Å². The molecule has 2 heterocycles. The summed E-state index contributed by atoms with van der Waals surface area (Å²) in [5, 5.41) is 15.0. The summed E-state index contributed by atoms with van der Waals surface area (Å²) < 4.78 is 53.2. The first-order valence-corrected chi connectivity index (χ1v) is 9.30. The summed E-state index contributed by atoms with van der Waals surface area (Å²) in [5.41, 5.74) is 0.941. The molecule has 2 aromatic carbocycles. The van der Waals surface area contributed by atoms with Gasteiger partial charge in [0.25, 0.3) is 0 Å². The highest BCUT2D eigenvalue weighted by Crippen LogP contribution is 2.40. The van der Waals surface area contributed by atoms with Crippen molar-refractivity contribution in [3.8, 4) is 22.6 Å². The quantitative estimate of drug-likeness (QED) is 0.467. The Hall–Kier alpha value is -3.49. The van der Waals surface area contributed by atoms with E-state index in [2.05, 4.69) is 10.1 Å². The fraction of sp³-hybridized carbons (Fsp3) is 0.130. The van der Waals surface area contributed by atoms with Crippen LogP contribution in [-0.4, -0.2) is 22.4 Å². The number of halogens is 3. The topological polar surface area (TPSA) is 68.4 Å². The molecule has 4 aromatic rings. The van der Waals surface area contributed by atoms with Crippen molar-refractivity contribution in [2.45, 2.75) is 12.7 Å². The molecule has 31 heavy (non-hydrogen) atoms. The number of aromatic nitrogens is 2.